The van der Waals surface area contributed by atoms with Gasteiger partial charge in [0.1, 0.15) is 5.76 Å². The summed E-state index contributed by atoms with van der Waals surface area (Å²) in [6.45, 7) is 7.86. The standard InChI is InChI=1S/C19H19N5O2/c1-12-16(13(2)25-22-12)19(3,4)18-21-17(23-26-18)14-5-7-15(8-6-14)24-10-9-20-11-24/h5-11H,1-4H3. The summed E-state index contributed by atoms with van der Waals surface area (Å²) in [7, 11) is 0. The molecule has 4 aromatic rings. The minimum absolute atomic E-state index is 0.490. The van der Waals surface area contributed by atoms with Crippen LogP contribution in [-0.2, 0) is 5.41 Å². The Kier molecular flexibility index (Phi) is 3.72. The zero-order valence-corrected chi connectivity index (χ0v) is 15.1. The van der Waals surface area contributed by atoms with Crippen molar-refractivity contribution in [3.63, 3.8) is 0 Å². The normalized spacial score (nSPS) is 11.8. The first-order chi connectivity index (χ1) is 12.5. The van der Waals surface area contributed by atoms with Gasteiger partial charge in [0.2, 0.25) is 11.7 Å². The van der Waals surface area contributed by atoms with E-state index in [-0.39, 0.29) is 0 Å². The fourth-order valence-corrected chi connectivity index (χ4v) is 3.27. The highest BCUT2D eigenvalue weighted by atomic mass is 16.5. The van der Waals surface area contributed by atoms with Crippen molar-refractivity contribution < 1.29 is 9.05 Å². The lowest BCUT2D eigenvalue weighted by molar-refractivity contribution is 0.329. The fraction of sp³-hybridized carbons (Fsp3) is 0.263. The molecule has 0 saturated carbocycles. The van der Waals surface area contributed by atoms with Crippen LogP contribution in [0.2, 0.25) is 0 Å². The summed E-state index contributed by atoms with van der Waals surface area (Å²) in [6, 6.07) is 7.92. The molecule has 0 unspecified atom stereocenters. The Bertz CT molecular complexity index is 1010. The van der Waals surface area contributed by atoms with Crippen LogP contribution in [0.5, 0.6) is 0 Å². The van der Waals surface area contributed by atoms with Crippen molar-refractivity contribution in [2.24, 2.45) is 0 Å². The number of aryl methyl sites for hydroxylation is 2. The molecule has 0 fully saturated rings. The van der Waals surface area contributed by atoms with E-state index in [0.717, 1.165) is 28.3 Å². The maximum Gasteiger partial charge on any atom is 0.237 e. The van der Waals surface area contributed by atoms with Gasteiger partial charge in [-0.05, 0) is 52.0 Å². The van der Waals surface area contributed by atoms with E-state index >= 15 is 0 Å². The van der Waals surface area contributed by atoms with Gasteiger partial charge in [-0.3, -0.25) is 0 Å². The highest BCUT2D eigenvalue weighted by Crippen LogP contribution is 2.35. The van der Waals surface area contributed by atoms with Crippen LogP contribution in [0.4, 0.5) is 0 Å². The Labute approximate surface area is 150 Å². The molecule has 0 spiro atoms. The molecule has 132 valence electrons. The van der Waals surface area contributed by atoms with Crippen LogP contribution in [0.1, 0.15) is 36.8 Å². The van der Waals surface area contributed by atoms with Crippen molar-refractivity contribution in [3.8, 4) is 17.1 Å². The largest absolute Gasteiger partial charge is 0.361 e. The summed E-state index contributed by atoms with van der Waals surface area (Å²) in [5.74, 6) is 1.84. The van der Waals surface area contributed by atoms with E-state index in [1.165, 1.54) is 0 Å². The highest BCUT2D eigenvalue weighted by molar-refractivity contribution is 5.57. The zero-order chi connectivity index (χ0) is 18.3. The van der Waals surface area contributed by atoms with Gasteiger partial charge in [-0.2, -0.15) is 4.98 Å². The highest BCUT2D eigenvalue weighted by Gasteiger charge is 2.35. The number of hydrogen-bond acceptors (Lipinski definition) is 6. The van der Waals surface area contributed by atoms with E-state index in [1.54, 1.807) is 12.5 Å². The van der Waals surface area contributed by atoms with E-state index < -0.39 is 5.41 Å². The molecule has 0 saturated heterocycles. The predicted octanol–water partition coefficient (Wildman–Crippen LogP) is 3.85. The summed E-state index contributed by atoms with van der Waals surface area (Å²) in [6.07, 6.45) is 5.40. The van der Waals surface area contributed by atoms with Crippen LogP contribution in [0.15, 0.2) is 52.0 Å². The van der Waals surface area contributed by atoms with Crippen LogP contribution in [0.25, 0.3) is 17.1 Å². The molecule has 0 amide bonds. The number of nitrogens with zero attached hydrogens (tertiary/aromatic N) is 5. The lowest BCUT2D eigenvalue weighted by Gasteiger charge is -2.19. The molecular formula is C19H19N5O2. The molecule has 1 aromatic carbocycles. The van der Waals surface area contributed by atoms with Gasteiger partial charge in [-0.25, -0.2) is 4.98 Å². The summed E-state index contributed by atoms with van der Waals surface area (Å²) in [5.41, 5.74) is 3.22. The smallest absolute Gasteiger partial charge is 0.237 e. The zero-order valence-electron chi connectivity index (χ0n) is 15.1. The maximum absolute atomic E-state index is 5.57. The quantitative estimate of drug-likeness (QED) is 0.556. The fourth-order valence-electron chi connectivity index (χ4n) is 3.27. The van der Waals surface area contributed by atoms with Crippen molar-refractivity contribution in [2.75, 3.05) is 0 Å². The topological polar surface area (TPSA) is 82.8 Å². The number of aromatic nitrogens is 5. The average molecular weight is 349 g/mol. The van der Waals surface area contributed by atoms with Gasteiger partial charge < -0.3 is 13.6 Å². The van der Waals surface area contributed by atoms with E-state index in [4.69, 9.17) is 9.05 Å². The number of imidazole rings is 1. The Morgan fingerprint density at radius 3 is 2.38 bits per heavy atom. The monoisotopic (exact) mass is 349 g/mol. The van der Waals surface area contributed by atoms with Crippen LogP contribution < -0.4 is 0 Å². The molecule has 3 heterocycles. The lowest BCUT2D eigenvalue weighted by atomic mass is 9.83. The molecule has 0 bridgehead atoms. The third-order valence-corrected chi connectivity index (χ3v) is 4.55. The third kappa shape index (κ3) is 2.61. The van der Waals surface area contributed by atoms with Crippen molar-refractivity contribution in [2.45, 2.75) is 33.1 Å². The summed E-state index contributed by atoms with van der Waals surface area (Å²) < 4.78 is 12.8. The van der Waals surface area contributed by atoms with E-state index in [2.05, 4.69) is 20.3 Å². The maximum atomic E-state index is 5.57. The van der Waals surface area contributed by atoms with Crippen LogP contribution in [0, 0.1) is 13.8 Å². The van der Waals surface area contributed by atoms with Crippen LogP contribution in [0.3, 0.4) is 0 Å². The average Bonchev–Trinajstić information content (AvgIpc) is 3.36. The Hall–Kier alpha value is -3.22. The second-order valence-corrected chi connectivity index (χ2v) is 6.76. The number of rotatable bonds is 4. The minimum Gasteiger partial charge on any atom is -0.361 e. The van der Waals surface area contributed by atoms with Gasteiger partial charge in [-0.15, -0.1) is 0 Å². The lowest BCUT2D eigenvalue weighted by Crippen LogP contribution is -2.21. The molecule has 26 heavy (non-hydrogen) atoms. The molecule has 7 nitrogen and oxygen atoms in total. The van der Waals surface area contributed by atoms with Crippen LogP contribution in [-0.4, -0.2) is 24.8 Å². The van der Waals surface area contributed by atoms with Crippen molar-refractivity contribution >= 4 is 0 Å². The Morgan fingerprint density at radius 1 is 1.00 bits per heavy atom. The first kappa shape index (κ1) is 16.3. The van der Waals surface area contributed by atoms with E-state index in [9.17, 15) is 0 Å². The molecule has 0 aliphatic heterocycles. The first-order valence-electron chi connectivity index (χ1n) is 8.33. The molecule has 0 aliphatic rings. The number of hydrogen-bond donors (Lipinski definition) is 0. The van der Waals surface area contributed by atoms with Gasteiger partial charge in [-0.1, -0.05) is 10.3 Å². The predicted molar refractivity (Wildman–Crippen MR) is 95.0 cm³/mol. The molecule has 3 aromatic heterocycles. The van der Waals surface area contributed by atoms with Gasteiger partial charge >= 0.3 is 0 Å². The second kappa shape index (κ2) is 5.94. The molecular weight excluding hydrogens is 330 g/mol. The van der Waals surface area contributed by atoms with Crippen molar-refractivity contribution in [1.29, 1.82) is 0 Å². The van der Waals surface area contributed by atoms with Gasteiger partial charge in [0, 0.05) is 29.2 Å². The summed E-state index contributed by atoms with van der Waals surface area (Å²) in [5, 5.41) is 8.19. The van der Waals surface area contributed by atoms with Crippen molar-refractivity contribution in [1.82, 2.24) is 24.8 Å². The third-order valence-electron chi connectivity index (χ3n) is 4.55. The summed E-state index contributed by atoms with van der Waals surface area (Å²) in [4.78, 5) is 8.67. The molecule has 0 atom stereocenters. The van der Waals surface area contributed by atoms with Crippen molar-refractivity contribution in [3.05, 3.63) is 65.9 Å². The van der Waals surface area contributed by atoms with Gasteiger partial charge in [0.15, 0.2) is 0 Å². The minimum atomic E-state index is -0.490. The molecule has 0 radical (unpaired) electrons. The SMILES string of the molecule is Cc1noc(C)c1C(C)(C)c1nc(-c2ccc(-n3ccnc3)cc2)no1. The first-order valence-corrected chi connectivity index (χ1v) is 8.33. The van der Waals surface area contributed by atoms with E-state index in [1.807, 2.05) is 62.7 Å². The van der Waals surface area contributed by atoms with Crippen LogP contribution >= 0.6 is 0 Å². The van der Waals surface area contributed by atoms with E-state index in [0.29, 0.717) is 11.7 Å². The molecule has 0 N–H and O–H groups in total. The Morgan fingerprint density at radius 2 is 1.77 bits per heavy atom. The number of benzene rings is 1. The molecule has 0 aliphatic carbocycles. The van der Waals surface area contributed by atoms with Gasteiger partial charge in [0.05, 0.1) is 17.4 Å². The summed E-state index contributed by atoms with van der Waals surface area (Å²) >= 11 is 0. The second-order valence-electron chi connectivity index (χ2n) is 6.76. The Balaban J connectivity index is 1.66. The molecule has 7 heteroatoms. The van der Waals surface area contributed by atoms with Gasteiger partial charge in [0.25, 0.3) is 0 Å². The molecule has 4 rings (SSSR count).